The van der Waals surface area contributed by atoms with Crippen LogP contribution in [0.3, 0.4) is 0 Å². The largest absolute Gasteiger partial charge is 0.454 e. The second-order valence-corrected chi connectivity index (χ2v) is 8.19. The van der Waals surface area contributed by atoms with Crippen molar-refractivity contribution in [3.63, 3.8) is 0 Å². The molecule has 3 aromatic rings. The number of amides is 2. The first-order chi connectivity index (χ1) is 15.7. The fourth-order valence-electron chi connectivity index (χ4n) is 4.35. The third kappa shape index (κ3) is 4.31. The Morgan fingerprint density at radius 2 is 1.78 bits per heavy atom. The van der Waals surface area contributed by atoms with E-state index >= 15 is 0 Å². The van der Waals surface area contributed by atoms with Crippen molar-refractivity contribution in [3.8, 4) is 11.5 Å². The van der Waals surface area contributed by atoms with E-state index < -0.39 is 6.03 Å². The molecular formula is C24H28N4O4. The van der Waals surface area contributed by atoms with Crippen molar-refractivity contribution >= 4 is 28.6 Å². The van der Waals surface area contributed by atoms with Gasteiger partial charge in [-0.2, -0.15) is 0 Å². The number of ether oxygens (including phenoxy) is 2. The van der Waals surface area contributed by atoms with E-state index in [9.17, 15) is 4.79 Å². The number of nitrogens with two attached hydrogens (primary N) is 1. The zero-order chi connectivity index (χ0) is 21.9. The molecule has 1 saturated heterocycles. The molecule has 2 N–H and O–H groups in total. The van der Waals surface area contributed by atoms with Crippen LogP contribution in [0.15, 0.2) is 52.9 Å². The maximum absolute atomic E-state index is 12.0. The molecule has 32 heavy (non-hydrogen) atoms. The van der Waals surface area contributed by atoms with E-state index in [4.69, 9.17) is 19.6 Å². The molecule has 1 fully saturated rings. The van der Waals surface area contributed by atoms with Gasteiger partial charge < -0.3 is 24.5 Å². The van der Waals surface area contributed by atoms with Gasteiger partial charge in [0.1, 0.15) is 5.58 Å². The molecular weight excluding hydrogens is 408 g/mol. The van der Waals surface area contributed by atoms with Crippen LogP contribution in [0.5, 0.6) is 11.5 Å². The number of benzene rings is 2. The minimum Gasteiger partial charge on any atom is -0.454 e. The second kappa shape index (κ2) is 9.00. The van der Waals surface area contributed by atoms with Gasteiger partial charge in [0.15, 0.2) is 11.5 Å². The molecule has 0 atom stereocenters. The third-order valence-electron chi connectivity index (χ3n) is 6.14. The molecule has 2 aliphatic rings. The first kappa shape index (κ1) is 20.5. The number of fused-ring (bicyclic) bond motifs is 2. The van der Waals surface area contributed by atoms with E-state index in [1.165, 1.54) is 10.6 Å². The number of urea groups is 1. The normalized spacial score (nSPS) is 15.9. The lowest BCUT2D eigenvalue weighted by Gasteiger charge is -2.36. The Bertz CT molecular complexity index is 1060. The summed E-state index contributed by atoms with van der Waals surface area (Å²) in [6.45, 7) is 5.83. The van der Waals surface area contributed by atoms with E-state index in [0.717, 1.165) is 68.0 Å². The van der Waals surface area contributed by atoms with Crippen LogP contribution in [0.25, 0.3) is 11.0 Å². The molecule has 3 heterocycles. The molecule has 0 spiro atoms. The predicted octanol–water partition coefficient (Wildman–Crippen LogP) is 3.65. The molecule has 1 aromatic heterocycles. The van der Waals surface area contributed by atoms with Gasteiger partial charge in [-0.15, -0.1) is 0 Å². The molecule has 0 aliphatic carbocycles. The van der Waals surface area contributed by atoms with Crippen LogP contribution in [0.2, 0.25) is 0 Å². The number of anilines is 2. The van der Waals surface area contributed by atoms with Crippen molar-refractivity contribution in [3.05, 3.63) is 48.5 Å². The van der Waals surface area contributed by atoms with Gasteiger partial charge in [0.05, 0.1) is 0 Å². The SMILES string of the molecule is NC(=O)N(CCCCN1CCN(c2ccc3c(c2)OCO3)CC1)c1cc2ccccc2o1. The van der Waals surface area contributed by atoms with E-state index in [0.29, 0.717) is 19.2 Å². The van der Waals surface area contributed by atoms with Crippen molar-refractivity contribution in [1.29, 1.82) is 0 Å². The lowest BCUT2D eigenvalue weighted by atomic mass is 10.2. The topological polar surface area (TPSA) is 84.4 Å². The molecule has 2 amide bonds. The number of carbonyl (C=O) groups excluding carboxylic acids is 1. The fraction of sp³-hybridized carbons (Fsp3) is 0.375. The number of primary amides is 1. The van der Waals surface area contributed by atoms with Crippen LogP contribution in [-0.2, 0) is 0 Å². The molecule has 0 saturated carbocycles. The molecule has 0 unspecified atom stereocenters. The number of hydrogen-bond donors (Lipinski definition) is 1. The summed E-state index contributed by atoms with van der Waals surface area (Å²) < 4.78 is 16.7. The maximum atomic E-state index is 12.0. The summed E-state index contributed by atoms with van der Waals surface area (Å²) in [5, 5.41) is 0.967. The lowest BCUT2D eigenvalue weighted by molar-refractivity contribution is 0.174. The standard InChI is InChI=1S/C24H28N4O4/c25-24(29)28(23-15-18-5-1-2-6-20(18)32-23)10-4-3-9-26-11-13-27(14-12-26)19-7-8-21-22(16-19)31-17-30-21/h1-2,5-8,15-16H,3-4,9-14,17H2,(H2,25,29). The van der Waals surface area contributed by atoms with E-state index in [2.05, 4.69) is 21.9 Å². The van der Waals surface area contributed by atoms with E-state index in [1.54, 1.807) is 0 Å². The van der Waals surface area contributed by atoms with Crippen molar-refractivity contribution in [1.82, 2.24) is 4.90 Å². The van der Waals surface area contributed by atoms with Crippen molar-refractivity contribution in [2.45, 2.75) is 12.8 Å². The minimum atomic E-state index is -0.485. The first-order valence-corrected chi connectivity index (χ1v) is 11.1. The molecule has 8 nitrogen and oxygen atoms in total. The summed E-state index contributed by atoms with van der Waals surface area (Å²) in [5.41, 5.74) is 7.55. The van der Waals surface area contributed by atoms with Crippen LogP contribution in [0, 0.1) is 0 Å². The van der Waals surface area contributed by atoms with Gasteiger partial charge in [0.25, 0.3) is 0 Å². The summed E-state index contributed by atoms with van der Waals surface area (Å²) in [6.07, 6.45) is 1.86. The Morgan fingerprint density at radius 3 is 2.59 bits per heavy atom. The lowest BCUT2D eigenvalue weighted by Crippen LogP contribution is -2.46. The Morgan fingerprint density at radius 1 is 0.969 bits per heavy atom. The average molecular weight is 437 g/mol. The Balaban J connectivity index is 1.08. The zero-order valence-corrected chi connectivity index (χ0v) is 18.0. The highest BCUT2D eigenvalue weighted by Crippen LogP contribution is 2.35. The van der Waals surface area contributed by atoms with Crippen molar-refractivity contribution in [2.24, 2.45) is 5.73 Å². The molecule has 2 aromatic carbocycles. The number of para-hydroxylation sites is 1. The van der Waals surface area contributed by atoms with Gasteiger partial charge in [0, 0.05) is 55.9 Å². The Labute approximate surface area is 187 Å². The van der Waals surface area contributed by atoms with E-state index in [-0.39, 0.29) is 0 Å². The number of hydrogen-bond acceptors (Lipinski definition) is 6. The summed E-state index contributed by atoms with van der Waals surface area (Å²) in [6, 6.07) is 15.2. The highest BCUT2D eigenvalue weighted by Gasteiger charge is 2.21. The van der Waals surface area contributed by atoms with Gasteiger partial charge in [-0.25, -0.2) is 4.79 Å². The Kier molecular flexibility index (Phi) is 5.77. The monoisotopic (exact) mass is 436 g/mol. The predicted molar refractivity (Wildman–Crippen MR) is 124 cm³/mol. The highest BCUT2D eigenvalue weighted by atomic mass is 16.7. The van der Waals surface area contributed by atoms with Crippen LogP contribution in [0.1, 0.15) is 12.8 Å². The summed E-state index contributed by atoms with van der Waals surface area (Å²) in [5.74, 6) is 2.16. The number of nitrogens with zero attached hydrogens (tertiary/aromatic N) is 3. The number of furan rings is 1. The number of carbonyl (C=O) groups is 1. The quantitative estimate of drug-likeness (QED) is 0.569. The van der Waals surface area contributed by atoms with E-state index in [1.807, 2.05) is 36.4 Å². The summed E-state index contributed by atoms with van der Waals surface area (Å²) >= 11 is 0. The van der Waals surface area contributed by atoms with Crippen molar-refractivity contribution in [2.75, 3.05) is 55.9 Å². The molecule has 168 valence electrons. The molecule has 5 rings (SSSR count). The molecule has 2 aliphatic heterocycles. The fourth-order valence-corrected chi connectivity index (χ4v) is 4.35. The van der Waals surface area contributed by atoms with Gasteiger partial charge in [0.2, 0.25) is 12.7 Å². The average Bonchev–Trinajstić information content (AvgIpc) is 3.45. The minimum absolute atomic E-state index is 0.302. The van der Waals surface area contributed by atoms with Gasteiger partial charge in [-0.3, -0.25) is 9.80 Å². The van der Waals surface area contributed by atoms with Crippen LogP contribution in [-0.4, -0.2) is 57.0 Å². The maximum Gasteiger partial charge on any atom is 0.321 e. The highest BCUT2D eigenvalue weighted by molar-refractivity contribution is 5.92. The van der Waals surface area contributed by atoms with Crippen molar-refractivity contribution < 1.29 is 18.7 Å². The van der Waals surface area contributed by atoms with Gasteiger partial charge >= 0.3 is 6.03 Å². The Hall–Kier alpha value is -3.39. The van der Waals surface area contributed by atoms with Crippen LogP contribution < -0.4 is 25.0 Å². The molecule has 8 heteroatoms. The molecule has 0 bridgehead atoms. The van der Waals surface area contributed by atoms with Crippen LogP contribution >= 0.6 is 0 Å². The van der Waals surface area contributed by atoms with Crippen LogP contribution in [0.4, 0.5) is 16.4 Å². The third-order valence-corrected chi connectivity index (χ3v) is 6.14. The second-order valence-electron chi connectivity index (χ2n) is 8.19. The molecule has 0 radical (unpaired) electrons. The van der Waals surface area contributed by atoms with Gasteiger partial charge in [-0.1, -0.05) is 18.2 Å². The smallest absolute Gasteiger partial charge is 0.321 e. The number of unbranched alkanes of at least 4 members (excludes halogenated alkanes) is 1. The zero-order valence-electron chi connectivity index (χ0n) is 18.0. The number of rotatable bonds is 7. The summed E-state index contributed by atoms with van der Waals surface area (Å²) in [7, 11) is 0. The summed E-state index contributed by atoms with van der Waals surface area (Å²) in [4.78, 5) is 18.4. The number of piperazine rings is 1. The first-order valence-electron chi connectivity index (χ1n) is 11.1. The van der Waals surface area contributed by atoms with Gasteiger partial charge in [-0.05, 0) is 37.6 Å².